The van der Waals surface area contributed by atoms with E-state index in [1.807, 2.05) is 0 Å². The molecule has 6 nitrogen and oxygen atoms in total. The van der Waals surface area contributed by atoms with Crippen molar-refractivity contribution in [3.63, 3.8) is 0 Å². The summed E-state index contributed by atoms with van der Waals surface area (Å²) in [7, 11) is -3.93. The Hall–Kier alpha value is -3.14. The molecular weight excluding hydrogens is 445 g/mol. The van der Waals surface area contributed by atoms with Crippen LogP contribution < -0.4 is 5.32 Å². The summed E-state index contributed by atoms with van der Waals surface area (Å²) in [5.74, 6) is -1.13. The third-order valence-electron chi connectivity index (χ3n) is 5.60. The number of halogens is 3. The molecule has 2 aromatic rings. The van der Waals surface area contributed by atoms with Crippen molar-refractivity contribution >= 4 is 21.7 Å². The fraction of sp³-hybridized carbons (Fsp3) is 0.273. The number of allylic oxidation sites excluding steroid dienone is 1. The number of alkyl halides is 3. The maximum Gasteiger partial charge on any atom is 0.416 e. The van der Waals surface area contributed by atoms with Crippen molar-refractivity contribution in [3.05, 3.63) is 77.0 Å². The minimum absolute atomic E-state index is 0.238. The largest absolute Gasteiger partial charge is 0.416 e. The van der Waals surface area contributed by atoms with E-state index >= 15 is 0 Å². The lowest BCUT2D eigenvalue weighted by Gasteiger charge is -2.30. The van der Waals surface area contributed by atoms with Crippen LogP contribution in [-0.4, -0.2) is 31.2 Å². The van der Waals surface area contributed by atoms with Crippen molar-refractivity contribution in [2.75, 3.05) is 0 Å². The van der Waals surface area contributed by atoms with Crippen molar-refractivity contribution in [1.82, 2.24) is 10.2 Å². The number of piperidine rings is 1. The molecule has 2 heterocycles. The molecule has 0 spiro atoms. The molecule has 1 N–H and O–H groups in total. The predicted octanol–water partition coefficient (Wildman–Crippen LogP) is 3.43. The first kappa shape index (κ1) is 22.1. The molecule has 2 aliphatic heterocycles. The van der Waals surface area contributed by atoms with Crippen LogP contribution in [-0.2, 0) is 33.1 Å². The minimum atomic E-state index is -4.56. The van der Waals surface area contributed by atoms with Crippen molar-refractivity contribution in [3.8, 4) is 0 Å². The summed E-state index contributed by atoms with van der Waals surface area (Å²) < 4.78 is 63.5. The molecule has 1 unspecified atom stereocenters. The standard InChI is InChI=1S/C22H19F3N2O4S/c1-13-2-9-19(20(28)26-13)27-11-15-4-3-14(10-18(15)21(27)29)12-32(30,31)17-7-5-16(6-8-17)22(23,24)25/h3-8,10,19H,1-2,9,11-12H2,(H,26,28). The van der Waals surface area contributed by atoms with Gasteiger partial charge < -0.3 is 10.2 Å². The van der Waals surface area contributed by atoms with Gasteiger partial charge in [-0.3, -0.25) is 9.59 Å². The number of sulfone groups is 1. The number of nitrogens with zero attached hydrogens (tertiary/aromatic N) is 1. The number of fused-ring (bicyclic) bond motifs is 1. The Morgan fingerprint density at radius 1 is 1.09 bits per heavy atom. The first-order chi connectivity index (χ1) is 15.0. The highest BCUT2D eigenvalue weighted by atomic mass is 32.2. The summed E-state index contributed by atoms with van der Waals surface area (Å²) in [5, 5.41) is 2.65. The average molecular weight is 464 g/mol. The van der Waals surface area contributed by atoms with Crippen LogP contribution in [0, 0.1) is 0 Å². The van der Waals surface area contributed by atoms with E-state index in [4.69, 9.17) is 0 Å². The Balaban J connectivity index is 1.53. The fourth-order valence-electron chi connectivity index (χ4n) is 3.93. The number of hydrogen-bond acceptors (Lipinski definition) is 4. The molecule has 1 atom stereocenters. The summed E-state index contributed by atoms with van der Waals surface area (Å²) in [5.41, 5.74) is 1.01. The van der Waals surface area contributed by atoms with Gasteiger partial charge in [0.2, 0.25) is 5.91 Å². The van der Waals surface area contributed by atoms with Crippen LogP contribution >= 0.6 is 0 Å². The van der Waals surface area contributed by atoms with Crippen LogP contribution in [0.5, 0.6) is 0 Å². The second kappa shape index (κ2) is 7.77. The van der Waals surface area contributed by atoms with Crippen molar-refractivity contribution < 1.29 is 31.2 Å². The van der Waals surface area contributed by atoms with Gasteiger partial charge in [-0.25, -0.2) is 8.42 Å². The zero-order chi connectivity index (χ0) is 23.3. The van der Waals surface area contributed by atoms with Gasteiger partial charge in [0, 0.05) is 17.8 Å². The van der Waals surface area contributed by atoms with Crippen LogP contribution in [0.25, 0.3) is 0 Å². The van der Waals surface area contributed by atoms with E-state index in [-0.39, 0.29) is 23.3 Å². The lowest BCUT2D eigenvalue weighted by Crippen LogP contribution is -2.49. The van der Waals surface area contributed by atoms with Crippen molar-refractivity contribution in [2.45, 2.75) is 42.3 Å². The minimum Gasteiger partial charge on any atom is -0.329 e. The van der Waals surface area contributed by atoms with E-state index in [1.165, 1.54) is 11.0 Å². The Morgan fingerprint density at radius 2 is 1.78 bits per heavy atom. The van der Waals surface area contributed by atoms with Crippen molar-refractivity contribution in [2.24, 2.45) is 0 Å². The first-order valence-corrected chi connectivity index (χ1v) is 11.4. The highest BCUT2D eigenvalue weighted by Crippen LogP contribution is 2.32. The van der Waals surface area contributed by atoms with Gasteiger partial charge in [0.05, 0.1) is 16.2 Å². The summed E-state index contributed by atoms with van der Waals surface area (Å²) in [4.78, 5) is 26.4. The maximum atomic E-state index is 12.9. The van der Waals surface area contributed by atoms with E-state index in [0.717, 1.165) is 24.3 Å². The zero-order valence-corrected chi connectivity index (χ0v) is 17.6. The van der Waals surface area contributed by atoms with E-state index in [1.54, 1.807) is 12.1 Å². The average Bonchev–Trinajstić information content (AvgIpc) is 3.03. The van der Waals surface area contributed by atoms with E-state index in [2.05, 4.69) is 11.9 Å². The molecule has 0 aromatic heterocycles. The molecule has 32 heavy (non-hydrogen) atoms. The molecule has 2 amide bonds. The first-order valence-electron chi connectivity index (χ1n) is 9.77. The third kappa shape index (κ3) is 4.14. The van der Waals surface area contributed by atoms with Gasteiger partial charge in [0.25, 0.3) is 5.91 Å². The summed E-state index contributed by atoms with van der Waals surface area (Å²) in [6.45, 7) is 3.96. The fourth-order valence-corrected chi connectivity index (χ4v) is 5.26. The van der Waals surface area contributed by atoms with E-state index in [0.29, 0.717) is 35.2 Å². The van der Waals surface area contributed by atoms with E-state index in [9.17, 15) is 31.2 Å². The van der Waals surface area contributed by atoms with Gasteiger partial charge in [-0.15, -0.1) is 0 Å². The second-order valence-electron chi connectivity index (χ2n) is 7.85. The molecule has 1 fully saturated rings. The van der Waals surface area contributed by atoms with Crippen LogP contribution in [0.15, 0.2) is 59.6 Å². The van der Waals surface area contributed by atoms with Gasteiger partial charge in [-0.1, -0.05) is 18.7 Å². The second-order valence-corrected chi connectivity index (χ2v) is 9.84. The van der Waals surface area contributed by atoms with Gasteiger partial charge in [-0.2, -0.15) is 13.2 Å². The Kier molecular flexibility index (Phi) is 5.36. The molecule has 4 rings (SSSR count). The smallest absolute Gasteiger partial charge is 0.329 e. The number of rotatable bonds is 4. The quantitative estimate of drug-likeness (QED) is 0.752. The van der Waals surface area contributed by atoms with Crippen LogP contribution in [0.3, 0.4) is 0 Å². The Morgan fingerprint density at radius 3 is 2.41 bits per heavy atom. The molecule has 10 heteroatoms. The monoisotopic (exact) mass is 464 g/mol. The number of amides is 2. The number of hydrogen-bond donors (Lipinski definition) is 1. The van der Waals surface area contributed by atoms with Crippen LogP contribution in [0.4, 0.5) is 13.2 Å². The molecule has 1 saturated heterocycles. The molecule has 0 aliphatic carbocycles. The number of carbonyl (C=O) groups is 2. The summed E-state index contributed by atoms with van der Waals surface area (Å²) in [6.07, 6.45) is -3.54. The normalized spacial score (nSPS) is 19.2. The molecule has 0 bridgehead atoms. The molecule has 0 radical (unpaired) electrons. The topological polar surface area (TPSA) is 83.6 Å². The maximum absolute atomic E-state index is 12.9. The van der Waals surface area contributed by atoms with Crippen LogP contribution in [0.2, 0.25) is 0 Å². The van der Waals surface area contributed by atoms with Gasteiger partial charge >= 0.3 is 6.18 Å². The number of nitrogens with one attached hydrogen (secondary N) is 1. The third-order valence-corrected chi connectivity index (χ3v) is 7.31. The Bertz CT molecular complexity index is 1220. The van der Waals surface area contributed by atoms with E-state index < -0.39 is 33.4 Å². The summed E-state index contributed by atoms with van der Waals surface area (Å²) >= 11 is 0. The highest BCUT2D eigenvalue weighted by Gasteiger charge is 2.38. The summed E-state index contributed by atoms with van der Waals surface area (Å²) in [6, 6.07) is 7.35. The van der Waals surface area contributed by atoms with Gasteiger partial charge in [0.15, 0.2) is 9.84 Å². The Labute approximate surface area is 182 Å². The lowest BCUT2D eigenvalue weighted by atomic mass is 10.0. The zero-order valence-electron chi connectivity index (χ0n) is 16.8. The molecule has 0 saturated carbocycles. The highest BCUT2D eigenvalue weighted by molar-refractivity contribution is 7.90. The molecule has 168 valence electrons. The van der Waals surface area contributed by atoms with Gasteiger partial charge in [0.1, 0.15) is 6.04 Å². The van der Waals surface area contributed by atoms with Crippen molar-refractivity contribution in [1.29, 1.82) is 0 Å². The number of benzene rings is 2. The molecular formula is C22H19F3N2O4S. The predicted molar refractivity (Wildman–Crippen MR) is 109 cm³/mol. The number of carbonyl (C=O) groups excluding carboxylic acids is 2. The lowest BCUT2D eigenvalue weighted by molar-refractivity contribution is -0.137. The SMILES string of the molecule is C=C1CCC(N2Cc3ccc(CS(=O)(=O)c4ccc(C(F)(F)F)cc4)cc3C2=O)C(=O)N1. The molecule has 2 aliphatic rings. The van der Waals surface area contributed by atoms with Crippen LogP contribution in [0.1, 0.15) is 39.9 Å². The van der Waals surface area contributed by atoms with Gasteiger partial charge in [-0.05, 0) is 54.3 Å². The molecule has 2 aromatic carbocycles.